The van der Waals surface area contributed by atoms with Crippen molar-refractivity contribution in [3.05, 3.63) is 72.9 Å². The van der Waals surface area contributed by atoms with Crippen molar-refractivity contribution in [2.75, 3.05) is 0 Å². The minimum absolute atomic E-state index is 0.113. The van der Waals surface area contributed by atoms with Gasteiger partial charge in [-0.2, -0.15) is 0 Å². The normalized spacial score (nSPS) is 16.0. The van der Waals surface area contributed by atoms with Crippen molar-refractivity contribution in [3.63, 3.8) is 0 Å². The summed E-state index contributed by atoms with van der Waals surface area (Å²) in [6.45, 7) is 4.33. The van der Waals surface area contributed by atoms with Crippen molar-refractivity contribution in [1.29, 1.82) is 0 Å². The van der Waals surface area contributed by atoms with E-state index in [1.165, 1.54) is 6.42 Å². The van der Waals surface area contributed by atoms with Crippen LogP contribution in [0.2, 0.25) is 0 Å². The summed E-state index contributed by atoms with van der Waals surface area (Å²) >= 11 is 0. The number of allylic oxidation sites excluding steroid dienone is 8. The summed E-state index contributed by atoms with van der Waals surface area (Å²) < 4.78 is 11.1. The first-order valence-corrected chi connectivity index (χ1v) is 12.9. The minimum Gasteiger partial charge on any atom is -0.358 e. The predicted octanol–water partition coefficient (Wildman–Crippen LogP) is 7.65. The van der Waals surface area contributed by atoms with Gasteiger partial charge in [0.1, 0.15) is 0 Å². The Hall–Kier alpha value is -0.350. The Morgan fingerprint density at radius 2 is 1.44 bits per heavy atom. The zero-order valence-electron chi connectivity index (χ0n) is 16.8. The van der Waals surface area contributed by atoms with E-state index in [0.29, 0.717) is 8.50 Å². The van der Waals surface area contributed by atoms with Gasteiger partial charge in [-0.3, -0.25) is 0 Å². The average Bonchev–Trinajstić information content (AvgIpc) is 2.68. The maximum atomic E-state index is 5.70. The van der Waals surface area contributed by atoms with Gasteiger partial charge in [-0.1, -0.05) is 102 Å². The summed E-state index contributed by atoms with van der Waals surface area (Å²) in [5.41, 5.74) is 0. The quantitative estimate of drug-likeness (QED) is 0.143. The zero-order valence-corrected chi connectivity index (χ0v) is 20.1. The van der Waals surface area contributed by atoms with E-state index in [4.69, 9.17) is 9.05 Å². The van der Waals surface area contributed by atoms with Gasteiger partial charge in [-0.15, -0.1) is 0 Å². The number of unbranched alkanes of at least 4 members (excludes halogenated alkanes) is 1. The molecule has 0 bridgehead atoms. The second-order valence-corrected chi connectivity index (χ2v) is 7.37. The molecule has 5 heteroatoms. The minimum atomic E-state index is 0.113. The summed E-state index contributed by atoms with van der Waals surface area (Å²) in [5.74, 6) is 0. The highest BCUT2D eigenvalue weighted by molar-refractivity contribution is 8.00. The first-order valence-electron chi connectivity index (χ1n) is 9.71. The molecule has 2 nitrogen and oxygen atoms in total. The standard InChI is InChI=1S/C22H37O2P3/c1-3-5-7-14-17-21(23-25)18-15-11-9-8-10-12-16-20-22(24-27-26)19-13-6-4-2/h6-7,9-16,18,20-22,27H,3-5,8,17,19,25-26H2,1-2H3. The van der Waals surface area contributed by atoms with Crippen LogP contribution in [0.25, 0.3) is 0 Å². The van der Waals surface area contributed by atoms with Crippen LogP contribution in [-0.2, 0) is 9.05 Å². The lowest BCUT2D eigenvalue weighted by Gasteiger charge is -2.09. The van der Waals surface area contributed by atoms with Crippen LogP contribution in [0.4, 0.5) is 0 Å². The van der Waals surface area contributed by atoms with Gasteiger partial charge in [0.2, 0.25) is 0 Å². The van der Waals surface area contributed by atoms with Crippen LogP contribution < -0.4 is 0 Å². The van der Waals surface area contributed by atoms with Gasteiger partial charge in [0, 0.05) is 18.0 Å². The average molecular weight is 426 g/mol. The fraction of sp³-hybridized carbons (Fsp3) is 0.455. The van der Waals surface area contributed by atoms with E-state index in [2.05, 4.69) is 105 Å². The van der Waals surface area contributed by atoms with E-state index in [1.54, 1.807) is 0 Å². The van der Waals surface area contributed by atoms with Crippen LogP contribution >= 0.6 is 26.9 Å². The van der Waals surface area contributed by atoms with E-state index < -0.39 is 0 Å². The van der Waals surface area contributed by atoms with Crippen molar-refractivity contribution < 1.29 is 9.05 Å². The fourth-order valence-electron chi connectivity index (χ4n) is 2.11. The smallest absolute Gasteiger partial charge is 0.0836 e. The van der Waals surface area contributed by atoms with Gasteiger partial charge in [0.15, 0.2) is 0 Å². The molecule has 0 radical (unpaired) electrons. The van der Waals surface area contributed by atoms with E-state index in [0.717, 1.165) is 32.1 Å². The Bertz CT molecular complexity index is 494. The van der Waals surface area contributed by atoms with Gasteiger partial charge >= 0.3 is 0 Å². The molecule has 152 valence electrons. The zero-order chi connectivity index (χ0) is 20.0. The Kier molecular flexibility index (Phi) is 21.7. The van der Waals surface area contributed by atoms with Crippen molar-refractivity contribution in [3.8, 4) is 0 Å². The van der Waals surface area contributed by atoms with Crippen LogP contribution in [0.15, 0.2) is 72.9 Å². The van der Waals surface area contributed by atoms with Crippen molar-refractivity contribution >= 4 is 26.9 Å². The molecule has 0 aromatic heterocycles. The largest absolute Gasteiger partial charge is 0.358 e. The first kappa shape index (κ1) is 26.6. The first-order chi connectivity index (χ1) is 13.3. The van der Waals surface area contributed by atoms with Gasteiger partial charge in [-0.05, 0) is 32.1 Å². The molecular weight excluding hydrogens is 389 g/mol. The molecule has 0 rings (SSSR count). The van der Waals surface area contributed by atoms with Crippen LogP contribution in [0, 0.1) is 0 Å². The third-order valence-corrected chi connectivity index (χ3v) is 4.77. The molecule has 0 aliphatic rings. The van der Waals surface area contributed by atoms with Crippen LogP contribution in [0.5, 0.6) is 0 Å². The van der Waals surface area contributed by atoms with Crippen LogP contribution in [0.3, 0.4) is 0 Å². The molecule has 0 aromatic carbocycles. The van der Waals surface area contributed by atoms with Gasteiger partial charge < -0.3 is 9.05 Å². The maximum absolute atomic E-state index is 5.70. The third kappa shape index (κ3) is 18.8. The Balaban J connectivity index is 4.15. The molecule has 0 amide bonds. The van der Waals surface area contributed by atoms with Gasteiger partial charge in [0.05, 0.1) is 12.2 Å². The second-order valence-electron chi connectivity index (χ2n) is 5.92. The molecule has 0 aliphatic heterocycles. The molecule has 0 heterocycles. The summed E-state index contributed by atoms with van der Waals surface area (Å²) in [7, 11) is 5.42. The summed E-state index contributed by atoms with van der Waals surface area (Å²) in [6, 6.07) is 0. The SMILES string of the molecule is CCC=CCC(C=CC=CCC=CC=CC(CC=CCCC)OP)OPP. The molecule has 5 unspecified atom stereocenters. The van der Waals surface area contributed by atoms with Crippen molar-refractivity contribution in [2.45, 2.75) is 64.6 Å². The van der Waals surface area contributed by atoms with Gasteiger partial charge in [0.25, 0.3) is 0 Å². The molecule has 0 spiro atoms. The lowest BCUT2D eigenvalue weighted by molar-refractivity contribution is 0.296. The molecule has 0 N–H and O–H groups in total. The molecule has 0 aromatic rings. The fourth-order valence-corrected chi connectivity index (χ4v) is 3.19. The molecule has 0 saturated carbocycles. The Morgan fingerprint density at radius 1 is 0.815 bits per heavy atom. The number of hydrogen-bond acceptors (Lipinski definition) is 2. The van der Waals surface area contributed by atoms with Crippen molar-refractivity contribution in [1.82, 2.24) is 0 Å². The number of hydrogen-bond donors (Lipinski definition) is 0. The monoisotopic (exact) mass is 426 g/mol. The van der Waals surface area contributed by atoms with E-state index in [1.807, 2.05) is 0 Å². The third-order valence-electron chi connectivity index (χ3n) is 3.57. The molecule has 0 aliphatic carbocycles. The van der Waals surface area contributed by atoms with Crippen LogP contribution in [0.1, 0.15) is 52.4 Å². The number of rotatable bonds is 16. The van der Waals surface area contributed by atoms with E-state index in [9.17, 15) is 0 Å². The maximum Gasteiger partial charge on any atom is 0.0836 e. The predicted molar refractivity (Wildman–Crippen MR) is 131 cm³/mol. The molecule has 5 atom stereocenters. The van der Waals surface area contributed by atoms with E-state index in [-0.39, 0.29) is 12.2 Å². The Morgan fingerprint density at radius 3 is 2.04 bits per heavy atom. The van der Waals surface area contributed by atoms with Crippen molar-refractivity contribution in [2.24, 2.45) is 0 Å². The van der Waals surface area contributed by atoms with Crippen LogP contribution in [-0.4, -0.2) is 12.2 Å². The topological polar surface area (TPSA) is 18.5 Å². The Labute approximate surface area is 173 Å². The summed E-state index contributed by atoms with van der Waals surface area (Å²) in [6.07, 6.45) is 31.9. The molecule has 0 fully saturated rings. The molecule has 0 saturated heterocycles. The highest BCUT2D eigenvalue weighted by atomic mass is 32.0. The highest BCUT2D eigenvalue weighted by Crippen LogP contribution is 2.25. The molecular formula is C22H37O2P3. The van der Waals surface area contributed by atoms with E-state index >= 15 is 0 Å². The van der Waals surface area contributed by atoms with Gasteiger partial charge in [-0.25, -0.2) is 0 Å². The molecule has 27 heavy (non-hydrogen) atoms. The summed E-state index contributed by atoms with van der Waals surface area (Å²) in [4.78, 5) is 0. The summed E-state index contributed by atoms with van der Waals surface area (Å²) in [5, 5.41) is 0. The highest BCUT2D eigenvalue weighted by Gasteiger charge is 2.00. The lowest BCUT2D eigenvalue weighted by atomic mass is 10.2. The lowest BCUT2D eigenvalue weighted by Crippen LogP contribution is -2.01. The second kappa shape index (κ2) is 21.9.